The maximum atomic E-state index is 9.41. The summed E-state index contributed by atoms with van der Waals surface area (Å²) in [6, 6.07) is 0. The van der Waals surface area contributed by atoms with Gasteiger partial charge >= 0.3 is 0 Å². The molecule has 1 saturated heterocycles. The molecule has 0 amide bonds. The normalized spacial score (nSPS) is 26.0. The van der Waals surface area contributed by atoms with E-state index in [2.05, 4.69) is 25.9 Å². The minimum atomic E-state index is -0.745. The topological polar surface area (TPSA) is 69.5 Å². The van der Waals surface area contributed by atoms with Crippen molar-refractivity contribution in [1.82, 2.24) is 9.97 Å². The molecule has 2 N–H and O–H groups in total. The summed E-state index contributed by atoms with van der Waals surface area (Å²) < 4.78 is 0.577. The Labute approximate surface area is 99.8 Å². The number of rotatable bonds is 1. The van der Waals surface area contributed by atoms with Crippen molar-refractivity contribution in [3.63, 3.8) is 0 Å². The first-order chi connectivity index (χ1) is 7.09. The second-order valence-corrected chi connectivity index (χ2v) is 4.49. The van der Waals surface area contributed by atoms with E-state index in [0.717, 1.165) is 0 Å². The summed E-state index contributed by atoms with van der Waals surface area (Å²) in [4.78, 5) is 9.61. The Balaban J connectivity index is 2.27. The van der Waals surface area contributed by atoms with E-state index in [4.69, 9.17) is 11.6 Å². The van der Waals surface area contributed by atoms with E-state index >= 15 is 0 Å². The van der Waals surface area contributed by atoms with Crippen LogP contribution in [0.2, 0.25) is 5.15 Å². The number of hydrogen-bond acceptors (Lipinski definition) is 5. The highest BCUT2D eigenvalue weighted by Crippen LogP contribution is 2.30. The van der Waals surface area contributed by atoms with Gasteiger partial charge in [-0.05, 0) is 15.9 Å². The third kappa shape index (κ3) is 2.08. The van der Waals surface area contributed by atoms with Crippen LogP contribution in [0.3, 0.4) is 0 Å². The minimum Gasteiger partial charge on any atom is -0.389 e. The van der Waals surface area contributed by atoms with Gasteiger partial charge in [0.25, 0.3) is 0 Å². The van der Waals surface area contributed by atoms with E-state index in [0.29, 0.717) is 28.5 Å². The fourth-order valence-corrected chi connectivity index (χ4v) is 2.09. The summed E-state index contributed by atoms with van der Waals surface area (Å²) in [5.74, 6) is 0.589. The largest absolute Gasteiger partial charge is 0.389 e. The van der Waals surface area contributed by atoms with Crippen LogP contribution in [-0.2, 0) is 0 Å². The van der Waals surface area contributed by atoms with Crippen molar-refractivity contribution in [3.05, 3.63) is 16.0 Å². The van der Waals surface area contributed by atoms with Gasteiger partial charge in [0, 0.05) is 13.1 Å². The zero-order chi connectivity index (χ0) is 11.0. The molecule has 82 valence electrons. The Kier molecular flexibility index (Phi) is 3.11. The van der Waals surface area contributed by atoms with Crippen molar-refractivity contribution >= 4 is 33.3 Å². The molecule has 5 nitrogen and oxygen atoms in total. The molecule has 0 radical (unpaired) electrons. The quantitative estimate of drug-likeness (QED) is 0.735. The van der Waals surface area contributed by atoms with Crippen LogP contribution in [0.15, 0.2) is 10.8 Å². The lowest BCUT2D eigenvalue weighted by Crippen LogP contribution is -2.22. The fourth-order valence-electron chi connectivity index (χ4n) is 1.50. The molecule has 1 fully saturated rings. The van der Waals surface area contributed by atoms with Gasteiger partial charge in [-0.25, -0.2) is 9.97 Å². The lowest BCUT2D eigenvalue weighted by Gasteiger charge is -2.17. The Hall–Kier alpha value is -0.430. The van der Waals surface area contributed by atoms with Crippen molar-refractivity contribution in [2.75, 3.05) is 18.0 Å². The molecule has 2 atom stereocenters. The third-order valence-corrected chi connectivity index (χ3v) is 3.53. The van der Waals surface area contributed by atoms with Crippen LogP contribution in [0.5, 0.6) is 0 Å². The molecular formula is C8H9BrClN3O2. The van der Waals surface area contributed by atoms with Crippen LogP contribution in [0.1, 0.15) is 0 Å². The molecule has 1 aliphatic heterocycles. The number of aliphatic hydroxyl groups is 2. The number of β-amino-alcohol motifs (C(OH)–C–C–N with tert-alkyl or cyclic N) is 2. The van der Waals surface area contributed by atoms with E-state index in [1.807, 2.05) is 0 Å². The van der Waals surface area contributed by atoms with Crippen LogP contribution in [-0.4, -0.2) is 45.5 Å². The number of nitrogens with zero attached hydrogens (tertiary/aromatic N) is 3. The van der Waals surface area contributed by atoms with Gasteiger partial charge in [-0.1, -0.05) is 11.6 Å². The second kappa shape index (κ2) is 4.21. The Morgan fingerprint density at radius 1 is 1.33 bits per heavy atom. The van der Waals surface area contributed by atoms with Crippen molar-refractivity contribution in [1.29, 1.82) is 0 Å². The maximum absolute atomic E-state index is 9.41. The second-order valence-electron chi connectivity index (χ2n) is 3.34. The van der Waals surface area contributed by atoms with Gasteiger partial charge in [-0.15, -0.1) is 0 Å². The monoisotopic (exact) mass is 293 g/mol. The van der Waals surface area contributed by atoms with E-state index in [1.54, 1.807) is 4.90 Å². The van der Waals surface area contributed by atoms with E-state index in [9.17, 15) is 10.2 Å². The van der Waals surface area contributed by atoms with Gasteiger partial charge in [0.15, 0.2) is 0 Å². The van der Waals surface area contributed by atoms with Crippen LogP contribution in [0.4, 0.5) is 5.82 Å². The Morgan fingerprint density at radius 3 is 2.53 bits per heavy atom. The van der Waals surface area contributed by atoms with Crippen LogP contribution in [0.25, 0.3) is 0 Å². The summed E-state index contributed by atoms with van der Waals surface area (Å²) in [6.07, 6.45) is -0.143. The highest BCUT2D eigenvalue weighted by molar-refractivity contribution is 9.10. The molecule has 0 aromatic carbocycles. The summed E-state index contributed by atoms with van der Waals surface area (Å²) in [5, 5.41) is 19.1. The van der Waals surface area contributed by atoms with E-state index in [1.165, 1.54) is 6.33 Å². The zero-order valence-corrected chi connectivity index (χ0v) is 9.98. The highest BCUT2D eigenvalue weighted by atomic mass is 79.9. The molecular weight excluding hydrogens is 285 g/mol. The summed E-state index contributed by atoms with van der Waals surface area (Å²) in [5.41, 5.74) is 0. The number of aliphatic hydroxyl groups excluding tert-OH is 2. The molecule has 0 saturated carbocycles. The van der Waals surface area contributed by atoms with Crippen molar-refractivity contribution in [3.8, 4) is 0 Å². The molecule has 0 aliphatic carbocycles. The molecule has 7 heteroatoms. The molecule has 0 bridgehead atoms. The summed E-state index contributed by atoms with van der Waals surface area (Å²) in [7, 11) is 0. The number of hydrogen-bond donors (Lipinski definition) is 2. The third-order valence-electron chi connectivity index (χ3n) is 2.29. The van der Waals surface area contributed by atoms with Crippen molar-refractivity contribution < 1.29 is 10.2 Å². The molecule has 1 aliphatic rings. The lowest BCUT2D eigenvalue weighted by atomic mass is 10.3. The molecule has 2 unspecified atom stereocenters. The first-order valence-corrected chi connectivity index (χ1v) is 5.53. The Bertz CT molecular complexity index is 369. The first kappa shape index (κ1) is 11.1. The molecule has 15 heavy (non-hydrogen) atoms. The molecule has 2 rings (SSSR count). The van der Waals surface area contributed by atoms with Gasteiger partial charge in [0.05, 0.1) is 16.7 Å². The van der Waals surface area contributed by atoms with Gasteiger partial charge in [0.1, 0.15) is 17.3 Å². The average Bonchev–Trinajstić information content (AvgIpc) is 2.51. The standard InChI is InChI=1S/C8H9BrClN3O2/c9-6-7(10)11-3-12-8(6)13-1-4(14)5(15)2-13/h3-5,14-15H,1-2H2. The fraction of sp³-hybridized carbons (Fsp3) is 0.500. The van der Waals surface area contributed by atoms with Crippen molar-refractivity contribution in [2.24, 2.45) is 0 Å². The zero-order valence-electron chi connectivity index (χ0n) is 7.64. The average molecular weight is 295 g/mol. The van der Waals surface area contributed by atoms with E-state index < -0.39 is 12.2 Å². The van der Waals surface area contributed by atoms with Crippen LogP contribution in [0, 0.1) is 0 Å². The molecule has 1 aromatic heterocycles. The molecule has 2 heterocycles. The van der Waals surface area contributed by atoms with Crippen molar-refractivity contribution in [2.45, 2.75) is 12.2 Å². The molecule has 0 spiro atoms. The summed E-state index contributed by atoms with van der Waals surface area (Å²) >= 11 is 9.08. The Morgan fingerprint density at radius 2 is 1.93 bits per heavy atom. The maximum Gasteiger partial charge on any atom is 0.148 e. The SMILES string of the molecule is OC1CN(c2ncnc(Cl)c2Br)CC1O. The van der Waals surface area contributed by atoms with Crippen LogP contribution >= 0.6 is 27.5 Å². The van der Waals surface area contributed by atoms with Crippen LogP contribution < -0.4 is 4.90 Å². The summed E-state index contributed by atoms with van der Waals surface area (Å²) in [6.45, 7) is 0.681. The highest BCUT2D eigenvalue weighted by Gasteiger charge is 2.31. The predicted molar refractivity (Wildman–Crippen MR) is 59.0 cm³/mol. The number of halogens is 2. The first-order valence-electron chi connectivity index (χ1n) is 4.36. The van der Waals surface area contributed by atoms with Gasteiger partial charge < -0.3 is 15.1 Å². The lowest BCUT2D eigenvalue weighted by molar-refractivity contribution is 0.0572. The molecule has 1 aromatic rings. The smallest absolute Gasteiger partial charge is 0.148 e. The van der Waals surface area contributed by atoms with E-state index in [-0.39, 0.29) is 0 Å². The van der Waals surface area contributed by atoms with Gasteiger partial charge in [-0.3, -0.25) is 0 Å². The van der Waals surface area contributed by atoms with Gasteiger partial charge in [0.2, 0.25) is 0 Å². The minimum absolute atomic E-state index is 0.316. The predicted octanol–water partition coefficient (Wildman–Crippen LogP) is 0.434. The number of anilines is 1. The number of aromatic nitrogens is 2. The van der Waals surface area contributed by atoms with Gasteiger partial charge in [-0.2, -0.15) is 0 Å².